The summed E-state index contributed by atoms with van der Waals surface area (Å²) >= 11 is 12.0. The molecule has 0 spiro atoms. The van der Waals surface area contributed by atoms with Crippen LogP contribution in [0.1, 0.15) is 27.5 Å². The van der Waals surface area contributed by atoms with Crippen LogP contribution in [-0.2, 0) is 0 Å². The summed E-state index contributed by atoms with van der Waals surface area (Å²) in [4.78, 5) is 19.3. The molecule has 154 valence electrons. The second-order valence-electron chi connectivity index (χ2n) is 7.46. The van der Waals surface area contributed by atoms with Crippen molar-refractivity contribution in [3.63, 3.8) is 0 Å². The lowest BCUT2D eigenvalue weighted by atomic mass is 9.89. The van der Waals surface area contributed by atoms with Gasteiger partial charge in [0.25, 0.3) is 5.91 Å². The number of benzene rings is 1. The van der Waals surface area contributed by atoms with Gasteiger partial charge < -0.3 is 10.2 Å². The molecule has 1 amide bonds. The van der Waals surface area contributed by atoms with E-state index in [9.17, 15) is 4.79 Å². The van der Waals surface area contributed by atoms with Crippen LogP contribution >= 0.6 is 23.2 Å². The van der Waals surface area contributed by atoms with Gasteiger partial charge in [-0.25, -0.2) is 4.98 Å². The van der Waals surface area contributed by atoms with Crippen LogP contribution in [0.3, 0.4) is 0 Å². The Morgan fingerprint density at radius 1 is 1.10 bits per heavy atom. The van der Waals surface area contributed by atoms with Gasteiger partial charge >= 0.3 is 0 Å². The second kappa shape index (κ2) is 8.98. The van der Waals surface area contributed by atoms with Crippen molar-refractivity contribution in [1.82, 2.24) is 20.1 Å². The molecule has 2 atom stereocenters. The van der Waals surface area contributed by atoms with Gasteiger partial charge in [-0.05, 0) is 42.8 Å². The van der Waals surface area contributed by atoms with Crippen LogP contribution in [0, 0.1) is 12.8 Å². The van der Waals surface area contributed by atoms with E-state index in [1.807, 2.05) is 42.2 Å². The molecular formula is C22H21Cl2N5O. The van der Waals surface area contributed by atoms with Crippen LogP contribution in [0.25, 0.3) is 0 Å². The first-order valence-electron chi connectivity index (χ1n) is 9.69. The number of nitrogens with one attached hydrogen (secondary N) is 1. The van der Waals surface area contributed by atoms with Gasteiger partial charge in [0.05, 0.1) is 22.5 Å². The molecule has 2 aromatic heterocycles. The molecule has 1 aliphatic rings. The van der Waals surface area contributed by atoms with Gasteiger partial charge in [-0.2, -0.15) is 10.2 Å². The lowest BCUT2D eigenvalue weighted by Crippen LogP contribution is -2.30. The van der Waals surface area contributed by atoms with Crippen molar-refractivity contribution in [3.05, 3.63) is 81.7 Å². The summed E-state index contributed by atoms with van der Waals surface area (Å²) in [7, 11) is 0. The van der Waals surface area contributed by atoms with Crippen molar-refractivity contribution in [3.8, 4) is 0 Å². The molecule has 8 heteroatoms. The number of rotatable bonds is 5. The fourth-order valence-electron chi connectivity index (χ4n) is 3.82. The zero-order chi connectivity index (χ0) is 21.1. The Balaban J connectivity index is 1.54. The molecule has 1 fully saturated rings. The Bertz CT molecular complexity index is 1030. The first-order valence-corrected chi connectivity index (χ1v) is 10.4. The molecule has 3 aromatic rings. The molecular weight excluding hydrogens is 421 g/mol. The third-order valence-corrected chi connectivity index (χ3v) is 5.80. The molecule has 6 nitrogen and oxygen atoms in total. The highest BCUT2D eigenvalue weighted by atomic mass is 35.5. The molecule has 30 heavy (non-hydrogen) atoms. The molecule has 3 heterocycles. The van der Waals surface area contributed by atoms with E-state index in [4.69, 9.17) is 23.2 Å². The summed E-state index contributed by atoms with van der Waals surface area (Å²) in [6, 6.07) is 13.3. The van der Waals surface area contributed by atoms with Gasteiger partial charge in [0.2, 0.25) is 0 Å². The van der Waals surface area contributed by atoms with E-state index in [2.05, 4.69) is 20.5 Å². The highest BCUT2D eigenvalue weighted by Crippen LogP contribution is 2.34. The number of hydrogen-bond acceptors (Lipinski definition) is 5. The zero-order valence-corrected chi connectivity index (χ0v) is 17.9. The molecule has 0 radical (unpaired) electrons. The van der Waals surface area contributed by atoms with Crippen LogP contribution in [0.15, 0.2) is 54.9 Å². The van der Waals surface area contributed by atoms with Gasteiger partial charge in [0, 0.05) is 42.7 Å². The number of anilines is 1. The van der Waals surface area contributed by atoms with E-state index >= 15 is 0 Å². The third kappa shape index (κ3) is 4.71. The van der Waals surface area contributed by atoms with Crippen molar-refractivity contribution in [2.24, 2.45) is 5.92 Å². The van der Waals surface area contributed by atoms with Crippen LogP contribution in [0.2, 0.25) is 10.0 Å². The predicted octanol–water partition coefficient (Wildman–Crippen LogP) is 4.45. The summed E-state index contributed by atoms with van der Waals surface area (Å²) in [6.07, 6.45) is 3.14. The maximum absolute atomic E-state index is 13.1. The first kappa shape index (κ1) is 20.6. The minimum Gasteiger partial charge on any atom is -0.370 e. The Morgan fingerprint density at radius 3 is 2.57 bits per heavy atom. The van der Waals surface area contributed by atoms with Crippen molar-refractivity contribution < 1.29 is 4.79 Å². The fourth-order valence-corrected chi connectivity index (χ4v) is 4.06. The molecule has 4 rings (SSSR count). The van der Waals surface area contributed by atoms with E-state index in [0.29, 0.717) is 35.2 Å². The van der Waals surface area contributed by atoms with Gasteiger partial charge in [0.1, 0.15) is 5.82 Å². The quantitative estimate of drug-likeness (QED) is 0.632. The van der Waals surface area contributed by atoms with E-state index in [-0.39, 0.29) is 17.7 Å². The minimum atomic E-state index is -0.0286. The molecule has 1 aromatic carbocycles. The summed E-state index contributed by atoms with van der Waals surface area (Å²) in [5, 5.41) is 12.5. The van der Waals surface area contributed by atoms with E-state index in [1.165, 1.54) is 6.20 Å². The predicted molar refractivity (Wildman–Crippen MR) is 118 cm³/mol. The lowest BCUT2D eigenvalue weighted by Gasteiger charge is -2.19. The smallest absolute Gasteiger partial charge is 0.255 e. The molecule has 0 aliphatic carbocycles. The largest absolute Gasteiger partial charge is 0.370 e. The van der Waals surface area contributed by atoms with Gasteiger partial charge in [-0.1, -0.05) is 35.3 Å². The summed E-state index contributed by atoms with van der Waals surface area (Å²) in [5.41, 5.74) is 2.45. The minimum absolute atomic E-state index is 0.0286. The SMILES string of the molecule is Cc1cc(C(=O)N2CC(CNc3ccc(Cl)cn3)C(c3ccc(Cl)cc3)C2)cnn1. The summed E-state index contributed by atoms with van der Waals surface area (Å²) in [5.74, 6) is 1.12. The van der Waals surface area contributed by atoms with Crippen LogP contribution < -0.4 is 5.32 Å². The topological polar surface area (TPSA) is 71.0 Å². The number of halogens is 2. The van der Waals surface area contributed by atoms with E-state index in [1.54, 1.807) is 18.3 Å². The Morgan fingerprint density at radius 2 is 1.87 bits per heavy atom. The van der Waals surface area contributed by atoms with E-state index in [0.717, 1.165) is 17.1 Å². The summed E-state index contributed by atoms with van der Waals surface area (Å²) < 4.78 is 0. The number of aryl methyl sites for hydroxylation is 1. The molecule has 1 aliphatic heterocycles. The highest BCUT2D eigenvalue weighted by molar-refractivity contribution is 6.30. The Kier molecular flexibility index (Phi) is 6.16. The molecule has 1 saturated heterocycles. The van der Waals surface area contributed by atoms with Gasteiger partial charge in [0.15, 0.2) is 0 Å². The number of nitrogens with zero attached hydrogens (tertiary/aromatic N) is 4. The average molecular weight is 442 g/mol. The maximum Gasteiger partial charge on any atom is 0.255 e. The van der Waals surface area contributed by atoms with Gasteiger partial charge in [-0.3, -0.25) is 4.79 Å². The lowest BCUT2D eigenvalue weighted by molar-refractivity contribution is 0.0786. The number of carbonyl (C=O) groups is 1. The number of carbonyl (C=O) groups excluding carboxylic acids is 1. The van der Waals surface area contributed by atoms with Crippen molar-refractivity contribution >= 4 is 34.9 Å². The number of hydrogen-bond donors (Lipinski definition) is 1. The Hall–Kier alpha value is -2.70. The molecule has 2 unspecified atom stereocenters. The first-order chi connectivity index (χ1) is 14.5. The average Bonchev–Trinajstić information content (AvgIpc) is 3.17. The molecule has 0 bridgehead atoms. The highest BCUT2D eigenvalue weighted by Gasteiger charge is 2.36. The van der Waals surface area contributed by atoms with Crippen molar-refractivity contribution in [2.45, 2.75) is 12.8 Å². The fraction of sp³-hybridized carbons (Fsp3) is 0.273. The maximum atomic E-state index is 13.1. The van der Waals surface area contributed by atoms with Gasteiger partial charge in [-0.15, -0.1) is 0 Å². The second-order valence-corrected chi connectivity index (χ2v) is 8.33. The number of aromatic nitrogens is 3. The van der Waals surface area contributed by atoms with Crippen LogP contribution in [0.4, 0.5) is 5.82 Å². The van der Waals surface area contributed by atoms with Crippen molar-refractivity contribution in [1.29, 1.82) is 0 Å². The molecule has 0 saturated carbocycles. The van der Waals surface area contributed by atoms with E-state index < -0.39 is 0 Å². The monoisotopic (exact) mass is 441 g/mol. The van der Waals surface area contributed by atoms with Crippen molar-refractivity contribution in [2.75, 3.05) is 25.0 Å². The number of likely N-dealkylation sites (tertiary alicyclic amines) is 1. The number of amides is 1. The number of pyridine rings is 1. The standard InChI is InChI=1S/C22H21Cl2N5O/c1-14-8-16(10-27-28-14)22(30)29-12-17(9-25-21-7-6-19(24)11-26-21)20(13-29)15-2-4-18(23)5-3-15/h2-8,10-11,17,20H,9,12-13H2,1H3,(H,25,26). The zero-order valence-electron chi connectivity index (χ0n) is 16.4. The summed E-state index contributed by atoms with van der Waals surface area (Å²) in [6.45, 7) is 3.77. The van der Waals surface area contributed by atoms with Crippen LogP contribution in [0.5, 0.6) is 0 Å². The molecule has 1 N–H and O–H groups in total. The Labute approximate surface area is 185 Å². The third-order valence-electron chi connectivity index (χ3n) is 5.32. The van der Waals surface area contributed by atoms with Crippen LogP contribution in [-0.4, -0.2) is 45.6 Å². The normalized spacial score (nSPS) is 18.4.